The van der Waals surface area contributed by atoms with Gasteiger partial charge in [-0.05, 0) is 54.1 Å². The molecule has 0 aliphatic rings. The minimum absolute atomic E-state index is 0.140. The zero-order valence-electron chi connectivity index (χ0n) is 15.4. The lowest BCUT2D eigenvalue weighted by atomic mass is 10.2. The van der Waals surface area contributed by atoms with Crippen molar-refractivity contribution < 1.29 is 19.1 Å². The van der Waals surface area contributed by atoms with Crippen molar-refractivity contribution in [2.75, 3.05) is 18.5 Å². The van der Waals surface area contributed by atoms with Crippen LogP contribution in [0.4, 0.5) is 5.69 Å². The fourth-order valence-corrected chi connectivity index (χ4v) is 2.25. The standard InChI is InChI=1S/C20H19BrN4O4/c1-2-11-22-19(27)20(28)25-23-12-14-3-9-17(10-4-14)29-13-18(26)24-16-7-5-15(21)6-8-16/h2-10,12H,1,11,13H2,(H,22,27)(H,24,26)(H,25,28)/b23-12-. The molecule has 0 saturated heterocycles. The van der Waals surface area contributed by atoms with Crippen molar-refractivity contribution in [3.63, 3.8) is 0 Å². The summed E-state index contributed by atoms with van der Waals surface area (Å²) in [6.07, 6.45) is 2.84. The number of benzene rings is 2. The molecular formula is C20H19BrN4O4. The monoisotopic (exact) mass is 458 g/mol. The van der Waals surface area contributed by atoms with Crippen molar-refractivity contribution in [3.8, 4) is 5.75 Å². The van der Waals surface area contributed by atoms with Crippen molar-refractivity contribution in [2.45, 2.75) is 0 Å². The van der Waals surface area contributed by atoms with Gasteiger partial charge in [0.25, 0.3) is 5.91 Å². The predicted molar refractivity (Wildman–Crippen MR) is 114 cm³/mol. The smallest absolute Gasteiger partial charge is 0.329 e. The molecule has 29 heavy (non-hydrogen) atoms. The number of nitrogens with one attached hydrogen (secondary N) is 3. The van der Waals surface area contributed by atoms with Gasteiger partial charge in [0.1, 0.15) is 5.75 Å². The molecule has 0 fully saturated rings. The van der Waals surface area contributed by atoms with Crippen LogP contribution in [0.25, 0.3) is 0 Å². The first kappa shape index (κ1) is 21.8. The summed E-state index contributed by atoms with van der Waals surface area (Å²) in [6, 6.07) is 13.9. The molecule has 0 saturated carbocycles. The highest BCUT2D eigenvalue weighted by molar-refractivity contribution is 9.10. The van der Waals surface area contributed by atoms with E-state index in [-0.39, 0.29) is 19.1 Å². The first-order chi connectivity index (χ1) is 14.0. The number of amides is 3. The first-order valence-electron chi connectivity index (χ1n) is 8.48. The van der Waals surface area contributed by atoms with Gasteiger partial charge in [-0.1, -0.05) is 22.0 Å². The number of rotatable bonds is 8. The van der Waals surface area contributed by atoms with Crippen LogP contribution in [0.15, 0.2) is 70.8 Å². The maximum absolute atomic E-state index is 11.9. The molecule has 8 nitrogen and oxygen atoms in total. The van der Waals surface area contributed by atoms with E-state index < -0.39 is 11.8 Å². The average Bonchev–Trinajstić information content (AvgIpc) is 2.73. The Balaban J connectivity index is 1.77. The van der Waals surface area contributed by atoms with Crippen molar-refractivity contribution in [3.05, 3.63) is 71.2 Å². The summed E-state index contributed by atoms with van der Waals surface area (Å²) >= 11 is 3.33. The summed E-state index contributed by atoms with van der Waals surface area (Å²) in [5.41, 5.74) is 3.46. The zero-order chi connectivity index (χ0) is 21.1. The largest absolute Gasteiger partial charge is 0.484 e. The second-order valence-corrected chi connectivity index (χ2v) is 6.53. The van der Waals surface area contributed by atoms with Gasteiger partial charge in [-0.3, -0.25) is 14.4 Å². The molecule has 2 aromatic rings. The van der Waals surface area contributed by atoms with Crippen LogP contribution in [0.5, 0.6) is 5.75 Å². The van der Waals surface area contributed by atoms with E-state index >= 15 is 0 Å². The molecule has 0 atom stereocenters. The highest BCUT2D eigenvalue weighted by atomic mass is 79.9. The summed E-state index contributed by atoms with van der Waals surface area (Å²) in [5, 5.41) is 8.77. The maximum atomic E-state index is 11.9. The number of carbonyl (C=O) groups excluding carboxylic acids is 3. The molecule has 0 aromatic heterocycles. The molecule has 0 aliphatic heterocycles. The molecule has 9 heteroatoms. The van der Waals surface area contributed by atoms with Gasteiger partial charge < -0.3 is 15.4 Å². The number of hydrazone groups is 1. The van der Waals surface area contributed by atoms with E-state index in [1.807, 2.05) is 12.1 Å². The maximum Gasteiger partial charge on any atom is 0.329 e. The van der Waals surface area contributed by atoms with Crippen LogP contribution in [-0.4, -0.2) is 37.1 Å². The predicted octanol–water partition coefficient (Wildman–Crippen LogP) is 2.22. The summed E-state index contributed by atoms with van der Waals surface area (Å²) in [7, 11) is 0. The van der Waals surface area contributed by atoms with Crippen molar-refractivity contribution in [1.82, 2.24) is 10.7 Å². The lowest BCUT2D eigenvalue weighted by molar-refractivity contribution is -0.139. The normalized spacial score (nSPS) is 10.2. The molecule has 3 amide bonds. The number of ether oxygens (including phenoxy) is 1. The topological polar surface area (TPSA) is 109 Å². The number of hydrogen-bond acceptors (Lipinski definition) is 5. The molecule has 2 aromatic carbocycles. The number of halogens is 1. The van der Waals surface area contributed by atoms with Crippen LogP contribution in [0.1, 0.15) is 5.56 Å². The van der Waals surface area contributed by atoms with Crippen LogP contribution in [0, 0.1) is 0 Å². The molecule has 0 spiro atoms. The Bertz CT molecular complexity index is 896. The summed E-state index contributed by atoms with van der Waals surface area (Å²) < 4.78 is 6.36. The fourth-order valence-electron chi connectivity index (χ4n) is 1.99. The van der Waals surface area contributed by atoms with E-state index in [0.717, 1.165) is 4.47 Å². The van der Waals surface area contributed by atoms with Crippen LogP contribution in [-0.2, 0) is 14.4 Å². The molecular weight excluding hydrogens is 440 g/mol. The summed E-state index contributed by atoms with van der Waals surface area (Å²) in [4.78, 5) is 34.7. The SMILES string of the molecule is C=CCNC(=O)C(=O)N/N=C\c1ccc(OCC(=O)Nc2ccc(Br)cc2)cc1. The zero-order valence-corrected chi connectivity index (χ0v) is 16.9. The van der Waals surface area contributed by atoms with Crippen molar-refractivity contribution >= 4 is 45.6 Å². The van der Waals surface area contributed by atoms with Crippen LogP contribution in [0.2, 0.25) is 0 Å². The van der Waals surface area contributed by atoms with Gasteiger partial charge in [0.05, 0.1) is 6.21 Å². The molecule has 0 unspecified atom stereocenters. The Morgan fingerprint density at radius 3 is 2.38 bits per heavy atom. The van der Waals surface area contributed by atoms with Crippen LogP contribution in [0.3, 0.4) is 0 Å². The van der Waals surface area contributed by atoms with Crippen LogP contribution < -0.4 is 20.8 Å². The average molecular weight is 459 g/mol. The minimum atomic E-state index is -0.875. The quantitative estimate of drug-likeness (QED) is 0.244. The third kappa shape index (κ3) is 7.97. The first-order valence-corrected chi connectivity index (χ1v) is 9.27. The Kier molecular flexibility index (Phi) is 8.58. The van der Waals surface area contributed by atoms with Gasteiger partial charge in [0.15, 0.2) is 6.61 Å². The number of carbonyl (C=O) groups is 3. The molecule has 0 bridgehead atoms. The van der Waals surface area contributed by atoms with Gasteiger partial charge in [-0.2, -0.15) is 5.10 Å². The Morgan fingerprint density at radius 1 is 1.03 bits per heavy atom. The highest BCUT2D eigenvalue weighted by Crippen LogP contribution is 2.14. The Hall–Kier alpha value is -3.46. The molecule has 150 valence electrons. The minimum Gasteiger partial charge on any atom is -0.484 e. The van der Waals surface area contributed by atoms with E-state index in [9.17, 15) is 14.4 Å². The third-order valence-electron chi connectivity index (χ3n) is 3.37. The second-order valence-electron chi connectivity index (χ2n) is 5.61. The summed E-state index contributed by atoms with van der Waals surface area (Å²) in [6.45, 7) is 3.49. The van der Waals surface area contributed by atoms with E-state index in [0.29, 0.717) is 17.0 Å². The lowest BCUT2D eigenvalue weighted by Crippen LogP contribution is -2.37. The lowest BCUT2D eigenvalue weighted by Gasteiger charge is -2.08. The van der Waals surface area contributed by atoms with E-state index in [2.05, 4.69) is 43.7 Å². The second kappa shape index (κ2) is 11.4. The van der Waals surface area contributed by atoms with Gasteiger partial charge >= 0.3 is 11.8 Å². The third-order valence-corrected chi connectivity index (χ3v) is 3.90. The summed E-state index contributed by atoms with van der Waals surface area (Å²) in [5.74, 6) is -1.46. The van der Waals surface area contributed by atoms with Gasteiger partial charge in [0, 0.05) is 16.7 Å². The Morgan fingerprint density at radius 2 is 1.72 bits per heavy atom. The Labute approximate surface area is 176 Å². The van der Waals surface area contributed by atoms with Gasteiger partial charge in [-0.25, -0.2) is 5.43 Å². The number of hydrogen-bond donors (Lipinski definition) is 3. The van der Waals surface area contributed by atoms with Gasteiger partial charge in [0.2, 0.25) is 0 Å². The number of anilines is 1. The fraction of sp³-hybridized carbons (Fsp3) is 0.100. The number of nitrogens with zero attached hydrogens (tertiary/aromatic N) is 1. The van der Waals surface area contributed by atoms with Gasteiger partial charge in [-0.15, -0.1) is 6.58 Å². The molecule has 0 radical (unpaired) electrons. The highest BCUT2D eigenvalue weighted by Gasteiger charge is 2.10. The molecule has 0 heterocycles. The molecule has 0 aliphatic carbocycles. The van der Waals surface area contributed by atoms with E-state index in [1.54, 1.807) is 36.4 Å². The van der Waals surface area contributed by atoms with E-state index in [1.165, 1.54) is 12.3 Å². The van der Waals surface area contributed by atoms with Crippen LogP contribution >= 0.6 is 15.9 Å². The van der Waals surface area contributed by atoms with E-state index in [4.69, 9.17) is 4.74 Å². The molecule has 3 N–H and O–H groups in total. The van der Waals surface area contributed by atoms with Crippen molar-refractivity contribution in [2.24, 2.45) is 5.10 Å². The van der Waals surface area contributed by atoms with Crippen molar-refractivity contribution in [1.29, 1.82) is 0 Å². The molecule has 2 rings (SSSR count).